The van der Waals surface area contributed by atoms with Gasteiger partial charge in [0.2, 0.25) is 11.6 Å². The van der Waals surface area contributed by atoms with Gasteiger partial charge in [0.05, 0.1) is 20.3 Å². The SMILES string of the molecule is CC(C)(C)OC(=O)CC(=O)OC(C)(C)C.Cc1cc([N+](=O)[O-])c(C(C(=O)OC(C)(C)C)C(=O)OC(C)(C)C)cc1F.Cc1cc([N+](=O)[O-])c(F)cc1C(C(=O)OC(C)(C)C)C(=O)OC(C)(C)C.Cc1cc([N+](=O)[O-])c(F)cc1F. The Labute approximate surface area is 456 Å². The normalized spacial score (nSPS) is 11.7. The zero-order valence-corrected chi connectivity index (χ0v) is 48.5. The summed E-state index contributed by atoms with van der Waals surface area (Å²) in [4.78, 5) is 103. The Bertz CT molecular complexity index is 2670. The maximum absolute atomic E-state index is 14.1. The topological polar surface area (TPSA) is 287 Å². The second-order valence-electron chi connectivity index (χ2n) is 23.5. The smallest absolute Gasteiger partial charge is 0.325 e. The second-order valence-corrected chi connectivity index (χ2v) is 23.5. The predicted molar refractivity (Wildman–Crippen MR) is 279 cm³/mol. The quantitative estimate of drug-likeness (QED) is 0.0430. The fourth-order valence-corrected chi connectivity index (χ4v) is 6.00. The van der Waals surface area contributed by atoms with E-state index in [2.05, 4.69) is 0 Å². The molecule has 79 heavy (non-hydrogen) atoms. The van der Waals surface area contributed by atoms with Crippen LogP contribution in [0, 0.1) is 74.4 Å². The van der Waals surface area contributed by atoms with E-state index >= 15 is 0 Å². The second kappa shape index (κ2) is 27.8. The molecule has 440 valence electrons. The lowest BCUT2D eigenvalue weighted by Gasteiger charge is -2.27. The molecule has 0 aliphatic rings. The number of rotatable bonds is 11. The van der Waals surface area contributed by atoms with Crippen molar-refractivity contribution in [2.45, 2.75) is 197 Å². The van der Waals surface area contributed by atoms with Gasteiger partial charge in [-0.05, 0) is 180 Å². The molecule has 0 N–H and O–H groups in total. The van der Waals surface area contributed by atoms with Crippen molar-refractivity contribution in [2.24, 2.45) is 0 Å². The van der Waals surface area contributed by atoms with Crippen molar-refractivity contribution in [1.82, 2.24) is 0 Å². The van der Waals surface area contributed by atoms with E-state index in [0.717, 1.165) is 30.3 Å². The molecule has 0 aromatic heterocycles. The molecule has 0 saturated heterocycles. The third-order valence-corrected chi connectivity index (χ3v) is 8.78. The van der Waals surface area contributed by atoms with E-state index in [4.69, 9.17) is 28.4 Å². The van der Waals surface area contributed by atoms with Gasteiger partial charge in [-0.3, -0.25) is 59.1 Å². The van der Waals surface area contributed by atoms with E-state index in [1.807, 2.05) is 0 Å². The van der Waals surface area contributed by atoms with Crippen LogP contribution in [-0.2, 0) is 57.2 Å². The molecule has 0 atom stereocenters. The van der Waals surface area contributed by atoms with Crippen LogP contribution in [0.2, 0.25) is 0 Å². The highest BCUT2D eigenvalue weighted by atomic mass is 19.1. The summed E-state index contributed by atoms with van der Waals surface area (Å²) in [5, 5.41) is 32.4. The molecule has 0 bridgehead atoms. The summed E-state index contributed by atoms with van der Waals surface area (Å²) in [6.45, 7) is 33.9. The predicted octanol–water partition coefficient (Wildman–Crippen LogP) is 11.9. The Kier molecular flexibility index (Phi) is 25.1. The van der Waals surface area contributed by atoms with Crippen molar-refractivity contribution in [1.29, 1.82) is 0 Å². The van der Waals surface area contributed by atoms with Crippen molar-refractivity contribution < 1.29 is 89.5 Å². The van der Waals surface area contributed by atoms with Crippen LogP contribution in [0.3, 0.4) is 0 Å². The molecule has 0 spiro atoms. The molecule has 0 fully saturated rings. The number of carbonyl (C=O) groups is 6. The van der Waals surface area contributed by atoms with E-state index in [1.54, 1.807) is 125 Å². The van der Waals surface area contributed by atoms with Crippen LogP contribution < -0.4 is 0 Å². The molecule has 3 aromatic carbocycles. The maximum Gasteiger partial charge on any atom is 0.325 e. The lowest BCUT2D eigenvalue weighted by molar-refractivity contribution is -0.387. The van der Waals surface area contributed by atoms with Crippen molar-refractivity contribution >= 4 is 52.9 Å². The lowest BCUT2D eigenvalue weighted by atomic mass is 9.93. The molecule has 0 aliphatic heterocycles. The van der Waals surface area contributed by atoms with Crippen LogP contribution in [-0.4, -0.2) is 84.2 Å². The summed E-state index contributed by atoms with van der Waals surface area (Å²) in [6.07, 6.45) is -0.339. The largest absolute Gasteiger partial charge is 0.460 e. The first kappa shape index (κ1) is 71.4. The average molecular weight is 1130 g/mol. The molecular weight excluding hydrogens is 1050 g/mol. The Morgan fingerprint density at radius 1 is 0.380 bits per heavy atom. The summed E-state index contributed by atoms with van der Waals surface area (Å²) in [5.74, 6) is -12.2. The fraction of sp³-hybridized carbons (Fsp3) is 0.556. The molecule has 3 aromatic rings. The summed E-state index contributed by atoms with van der Waals surface area (Å²) in [6, 6.07) is 4.95. The van der Waals surface area contributed by atoms with Crippen molar-refractivity contribution in [3.05, 3.63) is 118 Å². The van der Waals surface area contributed by atoms with Gasteiger partial charge in [0.25, 0.3) is 5.69 Å². The number of halogens is 4. The van der Waals surface area contributed by atoms with Crippen LogP contribution in [0.15, 0.2) is 36.4 Å². The van der Waals surface area contributed by atoms with E-state index < -0.39 is 142 Å². The van der Waals surface area contributed by atoms with Gasteiger partial charge >= 0.3 is 47.2 Å². The number of esters is 6. The van der Waals surface area contributed by atoms with Gasteiger partial charge in [-0.25, -0.2) is 8.78 Å². The molecule has 25 heteroatoms. The molecular formula is C54H73F4N3O18. The Balaban J connectivity index is 0.00000108. The Morgan fingerprint density at radius 2 is 0.620 bits per heavy atom. The number of nitrogens with zero attached hydrogens (tertiary/aromatic N) is 3. The molecule has 0 radical (unpaired) electrons. The molecule has 0 heterocycles. The fourth-order valence-electron chi connectivity index (χ4n) is 6.00. The molecule has 3 rings (SSSR count). The number of carbonyl (C=O) groups excluding carboxylic acids is 6. The third-order valence-electron chi connectivity index (χ3n) is 8.78. The molecule has 0 amide bonds. The van der Waals surface area contributed by atoms with E-state index in [-0.39, 0.29) is 28.7 Å². The molecule has 21 nitrogen and oxygen atoms in total. The highest BCUT2D eigenvalue weighted by molar-refractivity contribution is 6.02. The van der Waals surface area contributed by atoms with Crippen LogP contribution in [0.4, 0.5) is 34.6 Å². The number of hydrogen-bond acceptors (Lipinski definition) is 18. The first-order valence-corrected chi connectivity index (χ1v) is 24.1. The number of benzene rings is 3. The first-order chi connectivity index (χ1) is 35.3. The summed E-state index contributed by atoms with van der Waals surface area (Å²) < 4.78 is 84.2. The van der Waals surface area contributed by atoms with Gasteiger partial charge in [0.1, 0.15) is 51.7 Å². The zero-order valence-electron chi connectivity index (χ0n) is 48.5. The summed E-state index contributed by atoms with van der Waals surface area (Å²) >= 11 is 0. The minimum atomic E-state index is -1.77. The van der Waals surface area contributed by atoms with E-state index in [0.29, 0.717) is 6.07 Å². The maximum atomic E-state index is 14.1. The lowest BCUT2D eigenvalue weighted by Crippen LogP contribution is -2.36. The van der Waals surface area contributed by atoms with Crippen molar-refractivity contribution in [2.75, 3.05) is 0 Å². The van der Waals surface area contributed by atoms with Crippen LogP contribution >= 0.6 is 0 Å². The standard InChI is InChI=1S/2C18H24FNO6.C11H20O4.C7H5F2NO2/c1-10-8-13(20(23)24)11(9-12(10)19)14(15(21)25-17(2,3)4)16(22)26-18(5,6)7;1-10-8-13(20(23)24)12(19)9-11(10)14(15(21)25-17(2,3)4)16(22)26-18(5,6)7;1-10(2,3)14-8(12)7-9(13)15-11(4,5)6;1-4-2-7(10(11)12)6(9)3-5(4)8/h2*8-9,14H,1-7H3;7H2,1-6H3;2-3H,1H3. The van der Waals surface area contributed by atoms with Crippen LogP contribution in [0.1, 0.15) is 171 Å². The van der Waals surface area contributed by atoms with E-state index in [1.165, 1.54) is 20.8 Å². The Morgan fingerprint density at radius 3 is 0.911 bits per heavy atom. The Hall–Kier alpha value is -7.60. The number of nitro benzene ring substituents is 3. The van der Waals surface area contributed by atoms with Gasteiger partial charge in [-0.1, -0.05) is 0 Å². The van der Waals surface area contributed by atoms with Gasteiger partial charge in [0.15, 0.2) is 11.8 Å². The van der Waals surface area contributed by atoms with E-state index in [9.17, 15) is 76.7 Å². The number of nitro groups is 3. The van der Waals surface area contributed by atoms with Crippen molar-refractivity contribution in [3.63, 3.8) is 0 Å². The van der Waals surface area contributed by atoms with Gasteiger partial charge in [-0.15, -0.1) is 0 Å². The monoisotopic (exact) mass is 1130 g/mol. The molecule has 0 saturated carbocycles. The number of ether oxygens (including phenoxy) is 6. The minimum Gasteiger partial charge on any atom is -0.460 e. The van der Waals surface area contributed by atoms with Gasteiger partial charge in [-0.2, -0.15) is 8.78 Å². The van der Waals surface area contributed by atoms with Crippen molar-refractivity contribution in [3.8, 4) is 0 Å². The zero-order chi connectivity index (χ0) is 62.5. The molecule has 0 unspecified atom stereocenters. The van der Waals surface area contributed by atoms with Gasteiger partial charge in [0, 0.05) is 24.3 Å². The minimum absolute atomic E-state index is 0.0209. The molecule has 0 aliphatic carbocycles. The highest BCUT2D eigenvalue weighted by Crippen LogP contribution is 2.34. The summed E-state index contributed by atoms with van der Waals surface area (Å²) in [7, 11) is 0. The first-order valence-electron chi connectivity index (χ1n) is 24.1. The summed E-state index contributed by atoms with van der Waals surface area (Å²) in [5.41, 5.74) is -6.94. The highest BCUT2D eigenvalue weighted by Gasteiger charge is 2.42. The van der Waals surface area contributed by atoms with Crippen LogP contribution in [0.5, 0.6) is 0 Å². The number of aryl methyl sites for hydroxylation is 3. The average Bonchev–Trinajstić information content (AvgIpc) is 3.18. The number of hydrogen-bond donors (Lipinski definition) is 0. The third kappa shape index (κ3) is 27.0. The van der Waals surface area contributed by atoms with Crippen LogP contribution in [0.25, 0.3) is 0 Å². The van der Waals surface area contributed by atoms with Gasteiger partial charge < -0.3 is 28.4 Å².